The molecule has 1 aliphatic heterocycles. The first-order chi connectivity index (χ1) is 8.93. The highest BCUT2D eigenvalue weighted by Gasteiger charge is 2.44. The largest absolute Gasteiger partial charge is 0.397 e. The summed E-state index contributed by atoms with van der Waals surface area (Å²) in [5, 5.41) is 2.89. The fraction of sp³-hybridized carbons (Fsp3) is 0.571. The van der Waals surface area contributed by atoms with Gasteiger partial charge >= 0.3 is 6.18 Å². The summed E-state index contributed by atoms with van der Waals surface area (Å²) in [4.78, 5) is 1.01. The lowest BCUT2D eigenvalue weighted by atomic mass is 9.91. The average Bonchev–Trinajstić information content (AvgIpc) is 2.74. The number of nitrogens with one attached hydrogen (secondary N) is 1. The summed E-state index contributed by atoms with van der Waals surface area (Å²) in [6.07, 6.45) is -3.27. The quantitative estimate of drug-likeness (QED) is 0.900. The minimum absolute atomic E-state index is 0.370. The van der Waals surface area contributed by atoms with Crippen molar-refractivity contribution >= 4 is 11.8 Å². The number of thioether (sulfide) groups is 1. The van der Waals surface area contributed by atoms with Crippen molar-refractivity contribution in [2.24, 2.45) is 0 Å². The van der Waals surface area contributed by atoms with E-state index in [1.165, 1.54) is 5.56 Å². The molecule has 0 saturated heterocycles. The fourth-order valence-electron chi connectivity index (χ4n) is 2.58. The normalized spacial score (nSPS) is 18.2. The molecule has 1 aromatic carbocycles. The lowest BCUT2D eigenvalue weighted by molar-refractivity contribution is -0.156. The molecule has 0 fully saturated rings. The van der Waals surface area contributed by atoms with Crippen LogP contribution in [0.1, 0.15) is 30.9 Å². The van der Waals surface area contributed by atoms with E-state index in [9.17, 15) is 13.2 Å². The van der Waals surface area contributed by atoms with Gasteiger partial charge in [-0.3, -0.25) is 0 Å². The number of rotatable bonds is 4. The van der Waals surface area contributed by atoms with E-state index >= 15 is 0 Å². The number of hydrogen-bond donors (Lipinski definition) is 1. The second-order valence-electron chi connectivity index (χ2n) is 4.83. The van der Waals surface area contributed by atoms with Crippen molar-refractivity contribution in [3.05, 3.63) is 29.3 Å². The zero-order chi connectivity index (χ0) is 14.0. The van der Waals surface area contributed by atoms with Gasteiger partial charge in [-0.2, -0.15) is 13.2 Å². The summed E-state index contributed by atoms with van der Waals surface area (Å²) in [6, 6.07) is 4.59. The van der Waals surface area contributed by atoms with Crippen LogP contribution in [0.25, 0.3) is 0 Å². The molecule has 0 saturated carbocycles. The third-order valence-corrected chi connectivity index (χ3v) is 4.56. The zero-order valence-electron chi connectivity index (χ0n) is 11.1. The van der Waals surface area contributed by atoms with Gasteiger partial charge in [-0.05, 0) is 37.1 Å². The Morgan fingerprint density at radius 1 is 1.37 bits per heavy atom. The van der Waals surface area contributed by atoms with Crippen molar-refractivity contribution < 1.29 is 13.2 Å². The van der Waals surface area contributed by atoms with Gasteiger partial charge < -0.3 is 5.32 Å². The molecule has 1 aliphatic rings. The van der Waals surface area contributed by atoms with Crippen LogP contribution >= 0.6 is 11.8 Å². The Hall–Kier alpha value is -0.680. The number of alkyl halides is 3. The van der Waals surface area contributed by atoms with Crippen molar-refractivity contribution in [3.8, 4) is 0 Å². The van der Waals surface area contributed by atoms with E-state index in [4.69, 9.17) is 0 Å². The van der Waals surface area contributed by atoms with Gasteiger partial charge in [0.1, 0.15) is 0 Å². The average molecular weight is 289 g/mol. The van der Waals surface area contributed by atoms with Crippen molar-refractivity contribution in [2.45, 2.75) is 43.3 Å². The highest BCUT2D eigenvalue weighted by atomic mass is 32.2. The van der Waals surface area contributed by atoms with Gasteiger partial charge in [-0.15, -0.1) is 11.8 Å². The first kappa shape index (κ1) is 14.7. The maximum Gasteiger partial charge on any atom is 0.397 e. The second kappa shape index (κ2) is 5.75. The van der Waals surface area contributed by atoms with Crippen LogP contribution in [0, 0.1) is 0 Å². The molecule has 0 radical (unpaired) electrons. The Bertz CT molecular complexity index is 445. The number of fused-ring (bicyclic) bond motifs is 1. The van der Waals surface area contributed by atoms with Crippen LogP contribution in [-0.4, -0.2) is 24.5 Å². The van der Waals surface area contributed by atoms with Gasteiger partial charge in [0.25, 0.3) is 0 Å². The highest BCUT2D eigenvalue weighted by molar-refractivity contribution is 7.99. The summed E-state index contributed by atoms with van der Waals surface area (Å²) >= 11 is 1.65. The molecule has 0 aliphatic carbocycles. The molecule has 2 unspecified atom stereocenters. The van der Waals surface area contributed by atoms with Crippen LogP contribution in [0.3, 0.4) is 0 Å². The molecule has 0 spiro atoms. The Morgan fingerprint density at radius 2 is 2.11 bits per heavy atom. The van der Waals surface area contributed by atoms with Gasteiger partial charge in [-0.25, -0.2) is 0 Å². The second-order valence-corrected chi connectivity index (χ2v) is 5.97. The zero-order valence-corrected chi connectivity index (χ0v) is 11.9. The molecule has 19 heavy (non-hydrogen) atoms. The molecule has 0 bridgehead atoms. The van der Waals surface area contributed by atoms with Gasteiger partial charge in [0, 0.05) is 16.7 Å². The summed E-state index contributed by atoms with van der Waals surface area (Å²) < 4.78 is 39.9. The topological polar surface area (TPSA) is 12.0 Å². The summed E-state index contributed by atoms with van der Waals surface area (Å²) in [5.41, 5.74) is 1.54. The number of hydrogen-bond acceptors (Lipinski definition) is 2. The Kier molecular flexibility index (Phi) is 4.46. The van der Waals surface area contributed by atoms with E-state index in [0.717, 1.165) is 17.1 Å². The molecule has 1 heterocycles. The van der Waals surface area contributed by atoms with E-state index < -0.39 is 18.1 Å². The SMILES string of the molecule is CCNC(C)C(c1ccc2c(c1)SCC2)C(F)(F)F. The molecule has 106 valence electrons. The predicted octanol–water partition coefficient (Wildman–Crippen LogP) is 3.98. The minimum atomic E-state index is -4.22. The van der Waals surface area contributed by atoms with Crippen LogP contribution in [0.5, 0.6) is 0 Å². The molecule has 1 nitrogen and oxygen atoms in total. The molecular formula is C14H18F3NS. The Morgan fingerprint density at radius 3 is 2.74 bits per heavy atom. The van der Waals surface area contributed by atoms with Crippen LogP contribution in [-0.2, 0) is 6.42 Å². The molecule has 5 heteroatoms. The van der Waals surface area contributed by atoms with Crippen LogP contribution in [0.15, 0.2) is 23.1 Å². The Labute approximate surface area is 116 Å². The number of benzene rings is 1. The molecule has 1 aromatic rings. The highest BCUT2D eigenvalue weighted by Crippen LogP contribution is 2.40. The van der Waals surface area contributed by atoms with Crippen LogP contribution in [0.2, 0.25) is 0 Å². The maximum absolute atomic E-state index is 13.3. The molecule has 0 aromatic heterocycles. The lowest BCUT2D eigenvalue weighted by Gasteiger charge is -2.27. The van der Waals surface area contributed by atoms with E-state index in [0.29, 0.717) is 12.1 Å². The molecule has 0 amide bonds. The molecule has 1 N–H and O–H groups in total. The molecule has 2 atom stereocenters. The molecule has 2 rings (SSSR count). The van der Waals surface area contributed by atoms with Gasteiger partial charge in [0.15, 0.2) is 0 Å². The fourth-order valence-corrected chi connectivity index (χ4v) is 3.69. The predicted molar refractivity (Wildman–Crippen MR) is 72.8 cm³/mol. The summed E-state index contributed by atoms with van der Waals surface area (Å²) in [5.74, 6) is -0.475. The van der Waals surface area contributed by atoms with Gasteiger partial charge in [0.2, 0.25) is 0 Å². The third kappa shape index (κ3) is 3.26. The first-order valence-electron chi connectivity index (χ1n) is 6.49. The number of aryl methyl sites for hydroxylation is 1. The van der Waals surface area contributed by atoms with Crippen LogP contribution < -0.4 is 5.32 Å². The van der Waals surface area contributed by atoms with Crippen molar-refractivity contribution in [1.82, 2.24) is 5.32 Å². The number of likely N-dealkylation sites (N-methyl/N-ethyl adjacent to an activating group) is 1. The van der Waals surface area contributed by atoms with Crippen molar-refractivity contribution in [1.29, 1.82) is 0 Å². The van der Waals surface area contributed by atoms with Crippen molar-refractivity contribution in [3.63, 3.8) is 0 Å². The Balaban J connectivity index is 2.33. The summed E-state index contributed by atoms with van der Waals surface area (Å²) in [6.45, 7) is 3.96. The number of halogens is 3. The first-order valence-corrected chi connectivity index (χ1v) is 7.47. The standard InChI is InChI=1S/C14H18F3NS/c1-3-18-9(2)13(14(15,16)17)11-5-4-10-6-7-19-12(10)8-11/h4-5,8-9,13,18H,3,6-7H2,1-2H3. The minimum Gasteiger partial charge on any atom is -0.314 e. The van der Waals surface area contributed by atoms with E-state index in [2.05, 4.69) is 5.32 Å². The monoisotopic (exact) mass is 289 g/mol. The van der Waals surface area contributed by atoms with E-state index in [-0.39, 0.29) is 0 Å². The van der Waals surface area contributed by atoms with E-state index in [1.807, 2.05) is 13.0 Å². The van der Waals surface area contributed by atoms with Gasteiger partial charge in [-0.1, -0.05) is 19.1 Å². The smallest absolute Gasteiger partial charge is 0.314 e. The van der Waals surface area contributed by atoms with E-state index in [1.54, 1.807) is 30.8 Å². The van der Waals surface area contributed by atoms with Gasteiger partial charge in [0.05, 0.1) is 5.92 Å². The summed E-state index contributed by atoms with van der Waals surface area (Å²) in [7, 11) is 0. The van der Waals surface area contributed by atoms with Crippen molar-refractivity contribution in [2.75, 3.05) is 12.3 Å². The maximum atomic E-state index is 13.3. The third-order valence-electron chi connectivity index (χ3n) is 3.46. The van der Waals surface area contributed by atoms with Crippen LogP contribution in [0.4, 0.5) is 13.2 Å². The lowest BCUT2D eigenvalue weighted by Crippen LogP contribution is -2.39. The molecular weight excluding hydrogens is 271 g/mol.